The van der Waals surface area contributed by atoms with Gasteiger partial charge in [0.1, 0.15) is 12.3 Å². The summed E-state index contributed by atoms with van der Waals surface area (Å²) in [6, 6.07) is 26.4. The number of para-hydroxylation sites is 2. The molecule has 0 saturated carbocycles. The van der Waals surface area contributed by atoms with E-state index in [0.717, 1.165) is 16.3 Å². The number of methoxy groups -OCH3 is 1. The Balaban J connectivity index is 1.47. The Labute approximate surface area is 189 Å². The maximum absolute atomic E-state index is 12.9. The number of pyridine rings is 1. The minimum Gasteiger partial charge on any atom is -0.496 e. The molecular formula is C27H21N3O3. The molecule has 162 valence electrons. The monoisotopic (exact) mass is 435 g/mol. The van der Waals surface area contributed by atoms with Gasteiger partial charge in [0.15, 0.2) is 5.43 Å². The standard InChI is InChI=1S/C27H21N3O3/c1-33-25-15-14-18-8-2-3-9-19(18)22(25)16-28-29-26(31)17-30-23-12-6-4-10-20(23)27(32)21-11-5-7-13-24(21)30/h2-16H,17H2,1H3,(H,29,31). The fraction of sp³-hybridized carbons (Fsp3) is 0.0741. The van der Waals surface area contributed by atoms with Crippen molar-refractivity contribution < 1.29 is 9.53 Å². The zero-order chi connectivity index (χ0) is 22.8. The van der Waals surface area contributed by atoms with Crippen LogP contribution in [0.25, 0.3) is 32.6 Å². The number of ether oxygens (including phenoxy) is 1. The first kappa shape index (κ1) is 20.5. The number of nitrogens with zero attached hydrogens (tertiary/aromatic N) is 2. The van der Waals surface area contributed by atoms with E-state index in [1.807, 2.05) is 77.4 Å². The number of carbonyl (C=O) groups excluding carboxylic acids is 1. The average Bonchev–Trinajstić information content (AvgIpc) is 2.86. The maximum Gasteiger partial charge on any atom is 0.260 e. The van der Waals surface area contributed by atoms with Crippen molar-refractivity contribution >= 4 is 44.7 Å². The number of hydrogen-bond donors (Lipinski definition) is 1. The van der Waals surface area contributed by atoms with Crippen molar-refractivity contribution in [3.05, 3.63) is 101 Å². The Bertz CT molecular complexity index is 1540. The van der Waals surface area contributed by atoms with E-state index in [-0.39, 0.29) is 17.9 Å². The van der Waals surface area contributed by atoms with Crippen LogP contribution in [0.5, 0.6) is 5.75 Å². The molecule has 0 unspecified atom stereocenters. The van der Waals surface area contributed by atoms with Gasteiger partial charge in [0, 0.05) is 16.3 Å². The predicted octanol–water partition coefficient (Wildman–Crippen LogP) is 4.47. The van der Waals surface area contributed by atoms with Crippen LogP contribution in [0.1, 0.15) is 5.56 Å². The van der Waals surface area contributed by atoms with Gasteiger partial charge >= 0.3 is 0 Å². The van der Waals surface area contributed by atoms with Gasteiger partial charge in [0.25, 0.3) is 5.91 Å². The molecule has 0 atom stereocenters. The molecular weight excluding hydrogens is 414 g/mol. The van der Waals surface area contributed by atoms with E-state index in [1.54, 1.807) is 25.5 Å². The van der Waals surface area contributed by atoms with Crippen LogP contribution in [0.2, 0.25) is 0 Å². The normalized spacial score (nSPS) is 11.4. The zero-order valence-corrected chi connectivity index (χ0v) is 18.0. The molecule has 0 saturated heterocycles. The van der Waals surface area contributed by atoms with Crippen LogP contribution >= 0.6 is 0 Å². The largest absolute Gasteiger partial charge is 0.496 e. The number of hydrogen-bond acceptors (Lipinski definition) is 4. The second kappa shape index (κ2) is 8.59. The highest BCUT2D eigenvalue weighted by molar-refractivity contribution is 6.02. The van der Waals surface area contributed by atoms with Gasteiger partial charge in [-0.15, -0.1) is 0 Å². The number of amides is 1. The van der Waals surface area contributed by atoms with Gasteiger partial charge in [-0.05, 0) is 41.1 Å². The maximum atomic E-state index is 12.9. The van der Waals surface area contributed by atoms with Gasteiger partial charge in [-0.2, -0.15) is 5.10 Å². The molecule has 5 rings (SSSR count). The first-order valence-corrected chi connectivity index (χ1v) is 10.6. The van der Waals surface area contributed by atoms with E-state index in [9.17, 15) is 9.59 Å². The number of hydrazone groups is 1. The Morgan fingerprint density at radius 3 is 2.15 bits per heavy atom. The molecule has 0 radical (unpaired) electrons. The molecule has 0 bridgehead atoms. The summed E-state index contributed by atoms with van der Waals surface area (Å²) in [6.07, 6.45) is 1.60. The molecule has 6 heteroatoms. The molecule has 0 aliphatic heterocycles. The van der Waals surface area contributed by atoms with E-state index >= 15 is 0 Å². The van der Waals surface area contributed by atoms with Gasteiger partial charge < -0.3 is 9.30 Å². The lowest BCUT2D eigenvalue weighted by Gasteiger charge is -2.14. The second-order valence-corrected chi connectivity index (χ2v) is 7.65. The van der Waals surface area contributed by atoms with E-state index in [0.29, 0.717) is 27.6 Å². The van der Waals surface area contributed by atoms with Crippen LogP contribution in [0.15, 0.2) is 94.8 Å². The fourth-order valence-corrected chi connectivity index (χ4v) is 4.18. The minimum absolute atomic E-state index is 0.0192. The molecule has 0 spiro atoms. The summed E-state index contributed by atoms with van der Waals surface area (Å²) in [5, 5.41) is 7.38. The van der Waals surface area contributed by atoms with Crippen molar-refractivity contribution in [3.8, 4) is 5.75 Å². The molecule has 6 nitrogen and oxygen atoms in total. The number of fused-ring (bicyclic) bond motifs is 3. The predicted molar refractivity (Wildman–Crippen MR) is 132 cm³/mol. The summed E-state index contributed by atoms with van der Waals surface area (Å²) in [5.74, 6) is 0.369. The highest BCUT2D eigenvalue weighted by atomic mass is 16.5. The lowest BCUT2D eigenvalue weighted by atomic mass is 10.0. The first-order chi connectivity index (χ1) is 16.2. The molecule has 4 aromatic carbocycles. The topological polar surface area (TPSA) is 72.7 Å². The third-order valence-electron chi connectivity index (χ3n) is 5.71. The fourth-order valence-electron chi connectivity index (χ4n) is 4.18. The lowest BCUT2D eigenvalue weighted by molar-refractivity contribution is -0.121. The Morgan fingerprint density at radius 2 is 1.48 bits per heavy atom. The molecule has 1 amide bonds. The van der Waals surface area contributed by atoms with Gasteiger partial charge in [0.05, 0.1) is 24.4 Å². The molecule has 33 heavy (non-hydrogen) atoms. The van der Waals surface area contributed by atoms with Crippen molar-refractivity contribution in [2.45, 2.75) is 6.54 Å². The van der Waals surface area contributed by atoms with Crippen LogP contribution in [-0.4, -0.2) is 23.8 Å². The van der Waals surface area contributed by atoms with Crippen LogP contribution in [0.3, 0.4) is 0 Å². The lowest BCUT2D eigenvalue weighted by Crippen LogP contribution is -2.25. The van der Waals surface area contributed by atoms with Crippen LogP contribution < -0.4 is 15.6 Å². The van der Waals surface area contributed by atoms with E-state index in [1.165, 1.54) is 0 Å². The Hall–Kier alpha value is -4.45. The third-order valence-corrected chi connectivity index (χ3v) is 5.71. The number of rotatable bonds is 5. The van der Waals surface area contributed by atoms with Crippen LogP contribution in [-0.2, 0) is 11.3 Å². The number of benzene rings is 4. The third kappa shape index (κ3) is 3.72. The van der Waals surface area contributed by atoms with E-state index in [4.69, 9.17) is 4.74 Å². The molecule has 1 N–H and O–H groups in total. The van der Waals surface area contributed by atoms with Crippen molar-refractivity contribution in [2.24, 2.45) is 5.10 Å². The van der Waals surface area contributed by atoms with Gasteiger partial charge in [-0.25, -0.2) is 5.43 Å². The minimum atomic E-state index is -0.301. The smallest absolute Gasteiger partial charge is 0.260 e. The second-order valence-electron chi connectivity index (χ2n) is 7.65. The van der Waals surface area contributed by atoms with Gasteiger partial charge in [-0.1, -0.05) is 54.6 Å². The highest BCUT2D eigenvalue weighted by Crippen LogP contribution is 2.26. The summed E-state index contributed by atoms with van der Waals surface area (Å²) in [4.78, 5) is 25.7. The average molecular weight is 435 g/mol. The summed E-state index contributed by atoms with van der Waals surface area (Å²) in [7, 11) is 1.60. The Kier molecular flexibility index (Phi) is 5.32. The van der Waals surface area contributed by atoms with Gasteiger partial charge in [0.2, 0.25) is 0 Å². The first-order valence-electron chi connectivity index (χ1n) is 10.6. The SMILES string of the molecule is COc1ccc2ccccc2c1C=NNC(=O)Cn1c2ccccc2c(=O)c2ccccc21. The van der Waals surface area contributed by atoms with E-state index in [2.05, 4.69) is 10.5 Å². The van der Waals surface area contributed by atoms with Gasteiger partial charge in [-0.3, -0.25) is 9.59 Å². The van der Waals surface area contributed by atoms with Crippen LogP contribution in [0.4, 0.5) is 0 Å². The summed E-state index contributed by atoms with van der Waals surface area (Å²) >= 11 is 0. The number of nitrogens with one attached hydrogen (secondary N) is 1. The summed E-state index contributed by atoms with van der Waals surface area (Å²) in [5.41, 5.74) is 4.77. The number of carbonyl (C=O) groups is 1. The quantitative estimate of drug-likeness (QED) is 0.252. The number of aromatic nitrogens is 1. The van der Waals surface area contributed by atoms with Crippen molar-refractivity contribution in [3.63, 3.8) is 0 Å². The van der Waals surface area contributed by atoms with Crippen molar-refractivity contribution in [1.29, 1.82) is 0 Å². The molecule has 0 fully saturated rings. The molecule has 0 aliphatic carbocycles. The van der Waals surface area contributed by atoms with Crippen molar-refractivity contribution in [1.82, 2.24) is 9.99 Å². The Morgan fingerprint density at radius 1 is 0.879 bits per heavy atom. The summed E-state index contributed by atoms with van der Waals surface area (Å²) in [6.45, 7) is 0.0192. The van der Waals surface area contributed by atoms with Crippen LogP contribution in [0, 0.1) is 0 Å². The molecule has 0 aliphatic rings. The van der Waals surface area contributed by atoms with E-state index < -0.39 is 0 Å². The molecule has 5 aromatic rings. The zero-order valence-electron chi connectivity index (χ0n) is 18.0. The summed E-state index contributed by atoms with van der Waals surface area (Å²) < 4.78 is 7.32. The van der Waals surface area contributed by atoms with Crippen molar-refractivity contribution in [2.75, 3.05) is 7.11 Å². The molecule has 1 heterocycles. The highest BCUT2D eigenvalue weighted by Gasteiger charge is 2.13. The molecule has 1 aromatic heterocycles.